The first-order chi connectivity index (χ1) is 9.60. The maximum absolute atomic E-state index is 12.1. The lowest BCUT2D eigenvalue weighted by Gasteiger charge is -2.08. The van der Waals surface area contributed by atoms with E-state index in [2.05, 4.69) is 16.3 Å². The van der Waals surface area contributed by atoms with Crippen molar-refractivity contribution in [1.29, 1.82) is 0 Å². The quantitative estimate of drug-likeness (QED) is 0.650. The second kappa shape index (κ2) is 9.39. The molecule has 20 heavy (non-hydrogen) atoms. The molecule has 1 aromatic carbocycles. The second-order valence-electron chi connectivity index (χ2n) is 4.52. The van der Waals surface area contributed by atoms with Crippen LogP contribution in [0, 0.1) is 0 Å². The number of sulfonamides is 1. The van der Waals surface area contributed by atoms with Crippen LogP contribution in [0.25, 0.3) is 0 Å². The summed E-state index contributed by atoms with van der Waals surface area (Å²) in [5, 5.41) is 3.21. The molecule has 0 aromatic heterocycles. The SMILES string of the molecule is CCNCc1ccc(S(=O)(=O)NCCCCSC)cc1. The number of hydrogen-bond acceptors (Lipinski definition) is 4. The van der Waals surface area contributed by atoms with Crippen LogP contribution in [0.15, 0.2) is 29.2 Å². The molecular weight excluding hydrogens is 292 g/mol. The van der Waals surface area contributed by atoms with Crippen molar-refractivity contribution in [3.05, 3.63) is 29.8 Å². The highest BCUT2D eigenvalue weighted by Gasteiger charge is 2.12. The van der Waals surface area contributed by atoms with Crippen LogP contribution in [0.4, 0.5) is 0 Å². The summed E-state index contributed by atoms with van der Waals surface area (Å²) in [7, 11) is -3.36. The van der Waals surface area contributed by atoms with E-state index in [9.17, 15) is 8.42 Å². The van der Waals surface area contributed by atoms with Crippen LogP contribution in [-0.4, -0.2) is 33.5 Å². The van der Waals surface area contributed by atoms with E-state index >= 15 is 0 Å². The molecule has 2 N–H and O–H groups in total. The predicted molar refractivity (Wildman–Crippen MR) is 86.6 cm³/mol. The van der Waals surface area contributed by atoms with E-state index in [0.29, 0.717) is 11.4 Å². The molecule has 0 unspecified atom stereocenters. The summed E-state index contributed by atoms with van der Waals surface area (Å²) in [5.74, 6) is 1.07. The minimum atomic E-state index is -3.36. The third-order valence-corrected chi connectivity index (χ3v) is 5.05. The van der Waals surface area contributed by atoms with E-state index in [0.717, 1.165) is 37.2 Å². The van der Waals surface area contributed by atoms with Gasteiger partial charge in [-0.15, -0.1) is 0 Å². The lowest BCUT2D eigenvalue weighted by molar-refractivity contribution is 0.578. The Hall–Kier alpha value is -0.560. The number of thioether (sulfide) groups is 1. The van der Waals surface area contributed by atoms with Crippen molar-refractivity contribution in [2.45, 2.75) is 31.2 Å². The summed E-state index contributed by atoms with van der Waals surface area (Å²) >= 11 is 1.78. The van der Waals surface area contributed by atoms with Crippen molar-refractivity contribution in [2.24, 2.45) is 0 Å². The summed E-state index contributed by atoms with van der Waals surface area (Å²) in [6.07, 6.45) is 3.96. The van der Waals surface area contributed by atoms with Gasteiger partial charge in [-0.05, 0) is 49.1 Å². The van der Waals surface area contributed by atoms with Crippen LogP contribution in [0.3, 0.4) is 0 Å². The first-order valence-electron chi connectivity index (χ1n) is 6.88. The number of benzene rings is 1. The van der Waals surface area contributed by atoms with Crippen LogP contribution < -0.4 is 10.0 Å². The van der Waals surface area contributed by atoms with Gasteiger partial charge >= 0.3 is 0 Å². The number of rotatable bonds is 10. The van der Waals surface area contributed by atoms with Gasteiger partial charge in [-0.1, -0.05) is 19.1 Å². The molecule has 0 bridgehead atoms. The topological polar surface area (TPSA) is 58.2 Å². The molecular formula is C14H24N2O2S2. The summed E-state index contributed by atoms with van der Waals surface area (Å²) in [6.45, 7) is 4.21. The first-order valence-corrected chi connectivity index (χ1v) is 9.76. The molecule has 0 amide bonds. The van der Waals surface area contributed by atoms with Crippen molar-refractivity contribution < 1.29 is 8.42 Å². The third kappa shape index (κ3) is 6.26. The molecule has 0 aliphatic rings. The fraction of sp³-hybridized carbons (Fsp3) is 0.571. The molecule has 1 rings (SSSR count). The molecule has 0 aliphatic heterocycles. The van der Waals surface area contributed by atoms with Crippen LogP contribution in [0.5, 0.6) is 0 Å². The van der Waals surface area contributed by atoms with Gasteiger partial charge < -0.3 is 5.32 Å². The first kappa shape index (κ1) is 17.5. The molecule has 0 saturated heterocycles. The Kier molecular flexibility index (Phi) is 8.21. The van der Waals surface area contributed by atoms with Gasteiger partial charge in [0.05, 0.1) is 4.90 Å². The number of unbranched alkanes of at least 4 members (excludes halogenated alkanes) is 1. The molecule has 0 radical (unpaired) electrons. The normalized spacial score (nSPS) is 11.7. The fourth-order valence-corrected chi connectivity index (χ4v) is 3.28. The Morgan fingerprint density at radius 2 is 1.85 bits per heavy atom. The van der Waals surface area contributed by atoms with Crippen molar-refractivity contribution in [1.82, 2.24) is 10.0 Å². The van der Waals surface area contributed by atoms with Crippen LogP contribution in [0.2, 0.25) is 0 Å². The van der Waals surface area contributed by atoms with E-state index in [4.69, 9.17) is 0 Å². The van der Waals surface area contributed by atoms with Gasteiger partial charge in [-0.3, -0.25) is 0 Å². The molecule has 4 nitrogen and oxygen atoms in total. The molecule has 0 aliphatic carbocycles. The van der Waals surface area contributed by atoms with E-state index in [-0.39, 0.29) is 0 Å². The zero-order valence-corrected chi connectivity index (χ0v) is 13.8. The minimum absolute atomic E-state index is 0.336. The Morgan fingerprint density at radius 1 is 1.15 bits per heavy atom. The van der Waals surface area contributed by atoms with Crippen molar-refractivity contribution in [3.8, 4) is 0 Å². The molecule has 0 heterocycles. The molecule has 1 aromatic rings. The van der Waals surface area contributed by atoms with Crippen molar-refractivity contribution >= 4 is 21.8 Å². The summed E-state index contributed by atoms with van der Waals surface area (Å²) < 4.78 is 26.8. The Balaban J connectivity index is 2.50. The maximum Gasteiger partial charge on any atom is 0.240 e. The smallest absolute Gasteiger partial charge is 0.240 e. The zero-order valence-electron chi connectivity index (χ0n) is 12.2. The largest absolute Gasteiger partial charge is 0.313 e. The molecule has 0 fully saturated rings. The van der Waals surface area contributed by atoms with Crippen molar-refractivity contribution in [3.63, 3.8) is 0 Å². The minimum Gasteiger partial charge on any atom is -0.313 e. The van der Waals surface area contributed by atoms with Gasteiger partial charge in [0.2, 0.25) is 10.0 Å². The average Bonchev–Trinajstić information content (AvgIpc) is 2.45. The highest BCUT2D eigenvalue weighted by molar-refractivity contribution is 7.98. The molecule has 114 valence electrons. The Bertz CT molecular complexity index is 472. The standard InChI is InChI=1S/C14H24N2O2S2/c1-3-15-12-13-6-8-14(9-7-13)20(17,18)16-10-4-5-11-19-2/h6-9,15-16H,3-5,10-12H2,1-2H3. The third-order valence-electron chi connectivity index (χ3n) is 2.88. The van der Waals surface area contributed by atoms with Crippen molar-refractivity contribution in [2.75, 3.05) is 25.1 Å². The van der Waals surface area contributed by atoms with Gasteiger partial charge in [0.15, 0.2) is 0 Å². The Morgan fingerprint density at radius 3 is 2.45 bits per heavy atom. The van der Waals surface area contributed by atoms with Gasteiger partial charge in [0.25, 0.3) is 0 Å². The number of nitrogens with one attached hydrogen (secondary N) is 2. The van der Waals surface area contributed by atoms with E-state index in [1.165, 1.54) is 0 Å². The van der Waals surface area contributed by atoms with Crippen LogP contribution >= 0.6 is 11.8 Å². The number of hydrogen-bond donors (Lipinski definition) is 2. The molecule has 0 spiro atoms. The second-order valence-corrected chi connectivity index (χ2v) is 7.27. The van der Waals surface area contributed by atoms with Crippen LogP contribution in [-0.2, 0) is 16.6 Å². The van der Waals surface area contributed by atoms with Crippen LogP contribution in [0.1, 0.15) is 25.3 Å². The molecule has 0 atom stereocenters. The maximum atomic E-state index is 12.1. The average molecular weight is 316 g/mol. The Labute approximate surface area is 126 Å². The van der Waals surface area contributed by atoms with E-state index in [1.54, 1.807) is 23.9 Å². The molecule has 0 saturated carbocycles. The highest BCUT2D eigenvalue weighted by Crippen LogP contribution is 2.10. The van der Waals surface area contributed by atoms with E-state index in [1.807, 2.05) is 19.1 Å². The van der Waals surface area contributed by atoms with Gasteiger partial charge in [-0.2, -0.15) is 11.8 Å². The fourth-order valence-electron chi connectivity index (χ4n) is 1.72. The van der Waals surface area contributed by atoms with Gasteiger partial charge in [0, 0.05) is 13.1 Å². The van der Waals surface area contributed by atoms with E-state index < -0.39 is 10.0 Å². The molecule has 6 heteroatoms. The lowest BCUT2D eigenvalue weighted by atomic mass is 10.2. The zero-order chi connectivity index (χ0) is 14.8. The highest BCUT2D eigenvalue weighted by atomic mass is 32.2. The van der Waals surface area contributed by atoms with Gasteiger partial charge in [-0.25, -0.2) is 13.1 Å². The lowest BCUT2D eigenvalue weighted by Crippen LogP contribution is -2.25. The summed E-state index contributed by atoms with van der Waals surface area (Å²) in [5.41, 5.74) is 1.09. The summed E-state index contributed by atoms with van der Waals surface area (Å²) in [6, 6.07) is 7.03. The summed E-state index contributed by atoms with van der Waals surface area (Å²) in [4.78, 5) is 0.336. The predicted octanol–water partition coefficient (Wildman–Crippen LogP) is 2.22. The van der Waals surface area contributed by atoms with Gasteiger partial charge in [0.1, 0.15) is 0 Å². The monoisotopic (exact) mass is 316 g/mol.